The molecule has 1 rings (SSSR count). The summed E-state index contributed by atoms with van der Waals surface area (Å²) in [6, 6.07) is 0. The number of rotatable bonds is 5. The third-order valence-electron chi connectivity index (χ3n) is 2.61. The van der Waals surface area contributed by atoms with Crippen molar-refractivity contribution in [2.75, 3.05) is 6.54 Å². The van der Waals surface area contributed by atoms with Gasteiger partial charge in [0.15, 0.2) is 0 Å². The van der Waals surface area contributed by atoms with Crippen LogP contribution in [0.1, 0.15) is 17.0 Å². The molecule has 1 aromatic heterocycles. The van der Waals surface area contributed by atoms with E-state index in [4.69, 9.17) is 10.8 Å². The van der Waals surface area contributed by atoms with Crippen molar-refractivity contribution in [2.24, 2.45) is 5.73 Å². The van der Waals surface area contributed by atoms with Gasteiger partial charge in [-0.2, -0.15) is 4.98 Å². The molecular formula is C11H16N4O4. The molecule has 19 heavy (non-hydrogen) atoms. The Morgan fingerprint density at radius 3 is 2.63 bits per heavy atom. The number of nitrogens with one attached hydrogen (secondary N) is 2. The highest BCUT2D eigenvalue weighted by Crippen LogP contribution is 2.07. The third-order valence-corrected chi connectivity index (χ3v) is 2.61. The number of nitrogens with two attached hydrogens (primary N) is 1. The van der Waals surface area contributed by atoms with E-state index in [1.54, 1.807) is 13.8 Å². The number of primary amides is 1. The SMILES string of the molecule is Cc1nc(=O)[nH]c(C)c1CC(=O)NCC(O)C(N)=O. The molecule has 0 radical (unpaired) electrons. The fourth-order valence-corrected chi connectivity index (χ4v) is 1.55. The maximum atomic E-state index is 11.6. The maximum absolute atomic E-state index is 11.6. The smallest absolute Gasteiger partial charge is 0.345 e. The first-order valence-electron chi connectivity index (χ1n) is 5.61. The summed E-state index contributed by atoms with van der Waals surface area (Å²) < 4.78 is 0. The second-order valence-corrected chi connectivity index (χ2v) is 4.13. The normalized spacial score (nSPS) is 11.9. The fourth-order valence-electron chi connectivity index (χ4n) is 1.55. The standard InChI is InChI=1S/C11H16N4O4/c1-5-7(6(2)15-11(19)14-5)3-9(17)13-4-8(16)10(12)18/h8,16H,3-4H2,1-2H3,(H2,12,18)(H,13,17)(H,14,15,19). The van der Waals surface area contributed by atoms with Crippen LogP contribution in [-0.4, -0.2) is 39.5 Å². The van der Waals surface area contributed by atoms with Gasteiger partial charge in [0.1, 0.15) is 6.10 Å². The summed E-state index contributed by atoms with van der Waals surface area (Å²) in [4.78, 5) is 39.5. The second-order valence-electron chi connectivity index (χ2n) is 4.13. The predicted molar refractivity (Wildman–Crippen MR) is 66.2 cm³/mol. The molecule has 1 heterocycles. The number of aromatic nitrogens is 2. The summed E-state index contributed by atoms with van der Waals surface area (Å²) in [5.74, 6) is -1.31. The molecule has 1 unspecified atom stereocenters. The fraction of sp³-hybridized carbons (Fsp3) is 0.455. The molecule has 5 N–H and O–H groups in total. The molecule has 104 valence electrons. The molecular weight excluding hydrogens is 252 g/mol. The lowest BCUT2D eigenvalue weighted by molar-refractivity contribution is -0.126. The molecule has 0 aliphatic carbocycles. The molecule has 0 bridgehead atoms. The topological polar surface area (TPSA) is 138 Å². The minimum atomic E-state index is -1.42. The van der Waals surface area contributed by atoms with Gasteiger partial charge in [-0.25, -0.2) is 4.79 Å². The first-order chi connectivity index (χ1) is 8.81. The largest absolute Gasteiger partial charge is 0.381 e. The number of aryl methyl sites for hydroxylation is 2. The van der Waals surface area contributed by atoms with Crippen LogP contribution in [0.15, 0.2) is 4.79 Å². The van der Waals surface area contributed by atoms with Crippen molar-refractivity contribution in [1.82, 2.24) is 15.3 Å². The van der Waals surface area contributed by atoms with Gasteiger partial charge in [0.25, 0.3) is 0 Å². The number of aliphatic hydroxyl groups is 1. The van der Waals surface area contributed by atoms with Crippen LogP contribution in [-0.2, 0) is 16.0 Å². The van der Waals surface area contributed by atoms with E-state index >= 15 is 0 Å². The minimum Gasteiger partial charge on any atom is -0.381 e. The van der Waals surface area contributed by atoms with E-state index in [-0.39, 0.29) is 13.0 Å². The molecule has 0 aliphatic rings. The summed E-state index contributed by atoms with van der Waals surface area (Å²) in [5, 5.41) is 11.5. The molecule has 1 atom stereocenters. The molecule has 0 aliphatic heterocycles. The van der Waals surface area contributed by atoms with Gasteiger partial charge in [-0.05, 0) is 13.8 Å². The molecule has 0 saturated heterocycles. The van der Waals surface area contributed by atoms with Crippen LogP contribution in [0.5, 0.6) is 0 Å². The Bertz CT molecular complexity index is 526. The van der Waals surface area contributed by atoms with Gasteiger partial charge in [0.05, 0.1) is 13.0 Å². The summed E-state index contributed by atoms with van der Waals surface area (Å²) in [7, 11) is 0. The van der Waals surface area contributed by atoms with Gasteiger partial charge >= 0.3 is 5.69 Å². The Labute approximate surface area is 109 Å². The first-order valence-corrected chi connectivity index (χ1v) is 5.61. The van der Waals surface area contributed by atoms with Crippen LogP contribution in [0.2, 0.25) is 0 Å². The van der Waals surface area contributed by atoms with Crippen LogP contribution >= 0.6 is 0 Å². The summed E-state index contributed by atoms with van der Waals surface area (Å²) in [5.41, 5.74) is 6.01. The maximum Gasteiger partial charge on any atom is 0.345 e. The lowest BCUT2D eigenvalue weighted by Crippen LogP contribution is -2.40. The average Bonchev–Trinajstić information content (AvgIpc) is 2.30. The van der Waals surface area contributed by atoms with Crippen LogP contribution < -0.4 is 16.7 Å². The Balaban J connectivity index is 2.68. The van der Waals surface area contributed by atoms with Crippen molar-refractivity contribution in [2.45, 2.75) is 26.4 Å². The molecule has 1 aromatic rings. The molecule has 0 aromatic carbocycles. The van der Waals surface area contributed by atoms with Gasteiger partial charge in [0, 0.05) is 17.0 Å². The lowest BCUT2D eigenvalue weighted by Gasteiger charge is -2.10. The number of nitrogens with zero attached hydrogens (tertiary/aromatic N) is 1. The highest BCUT2D eigenvalue weighted by atomic mass is 16.3. The van der Waals surface area contributed by atoms with E-state index in [9.17, 15) is 14.4 Å². The molecule has 8 nitrogen and oxygen atoms in total. The van der Waals surface area contributed by atoms with Crippen LogP contribution in [0.3, 0.4) is 0 Å². The van der Waals surface area contributed by atoms with E-state index in [0.717, 1.165) is 0 Å². The van der Waals surface area contributed by atoms with Crippen molar-refractivity contribution in [1.29, 1.82) is 0 Å². The van der Waals surface area contributed by atoms with Gasteiger partial charge in [-0.1, -0.05) is 0 Å². The number of carbonyl (C=O) groups is 2. The predicted octanol–water partition coefficient (Wildman–Crippen LogP) is -2.11. The summed E-state index contributed by atoms with van der Waals surface area (Å²) in [6.07, 6.45) is -1.42. The quantitative estimate of drug-likeness (QED) is 0.484. The third kappa shape index (κ3) is 4.18. The van der Waals surface area contributed by atoms with Crippen molar-refractivity contribution in [3.05, 3.63) is 27.4 Å². The number of H-pyrrole nitrogens is 1. The Kier molecular flexibility index (Phi) is 4.76. The lowest BCUT2D eigenvalue weighted by atomic mass is 10.1. The molecule has 0 saturated carbocycles. The number of aliphatic hydroxyl groups excluding tert-OH is 1. The van der Waals surface area contributed by atoms with E-state index in [2.05, 4.69) is 15.3 Å². The van der Waals surface area contributed by atoms with E-state index < -0.39 is 23.6 Å². The van der Waals surface area contributed by atoms with Crippen molar-refractivity contribution < 1.29 is 14.7 Å². The Hall–Kier alpha value is -2.22. The average molecular weight is 268 g/mol. The molecule has 0 fully saturated rings. The Morgan fingerprint density at radius 1 is 1.47 bits per heavy atom. The number of hydrogen-bond acceptors (Lipinski definition) is 5. The number of carbonyl (C=O) groups excluding carboxylic acids is 2. The van der Waals surface area contributed by atoms with E-state index in [1.807, 2.05) is 0 Å². The highest BCUT2D eigenvalue weighted by Gasteiger charge is 2.14. The first kappa shape index (κ1) is 14.8. The van der Waals surface area contributed by atoms with E-state index in [1.165, 1.54) is 0 Å². The van der Waals surface area contributed by atoms with Gasteiger partial charge < -0.3 is 21.1 Å². The minimum absolute atomic E-state index is 0.00702. The number of aromatic amines is 1. The van der Waals surface area contributed by atoms with Crippen LogP contribution in [0, 0.1) is 13.8 Å². The summed E-state index contributed by atoms with van der Waals surface area (Å²) in [6.45, 7) is 3.04. The Morgan fingerprint density at radius 2 is 2.11 bits per heavy atom. The molecule has 8 heteroatoms. The zero-order chi connectivity index (χ0) is 14.6. The van der Waals surface area contributed by atoms with Crippen LogP contribution in [0.4, 0.5) is 0 Å². The van der Waals surface area contributed by atoms with Crippen molar-refractivity contribution in [3.8, 4) is 0 Å². The zero-order valence-electron chi connectivity index (χ0n) is 10.7. The van der Waals surface area contributed by atoms with Crippen molar-refractivity contribution >= 4 is 11.8 Å². The van der Waals surface area contributed by atoms with Crippen molar-refractivity contribution in [3.63, 3.8) is 0 Å². The van der Waals surface area contributed by atoms with Crippen LogP contribution in [0.25, 0.3) is 0 Å². The van der Waals surface area contributed by atoms with Gasteiger partial charge in [-0.15, -0.1) is 0 Å². The monoisotopic (exact) mass is 268 g/mol. The second kappa shape index (κ2) is 6.10. The van der Waals surface area contributed by atoms with Gasteiger partial charge in [0.2, 0.25) is 11.8 Å². The highest BCUT2D eigenvalue weighted by molar-refractivity contribution is 5.82. The molecule has 0 spiro atoms. The van der Waals surface area contributed by atoms with Gasteiger partial charge in [-0.3, -0.25) is 9.59 Å². The van der Waals surface area contributed by atoms with E-state index in [0.29, 0.717) is 17.0 Å². The number of amides is 2. The molecule has 2 amide bonds. The number of hydrogen-bond donors (Lipinski definition) is 4. The zero-order valence-corrected chi connectivity index (χ0v) is 10.7. The summed E-state index contributed by atoms with van der Waals surface area (Å²) >= 11 is 0.